The maximum Gasteiger partial charge on any atom is 0.270 e. The Morgan fingerprint density at radius 2 is 1.94 bits per heavy atom. The summed E-state index contributed by atoms with van der Waals surface area (Å²) in [6.45, 7) is 0. The van der Waals surface area contributed by atoms with Gasteiger partial charge in [0.2, 0.25) is 5.89 Å². The first-order valence-corrected chi connectivity index (χ1v) is 9.59. The fourth-order valence-corrected chi connectivity index (χ4v) is 3.46. The highest BCUT2D eigenvalue weighted by Gasteiger charge is 2.12. The molecule has 0 saturated carbocycles. The molecule has 0 unspecified atom stereocenters. The molecular weight excluding hydrogens is 413 g/mol. The third kappa shape index (κ3) is 3.54. The van der Waals surface area contributed by atoms with Gasteiger partial charge in [-0.05, 0) is 59.3 Å². The van der Waals surface area contributed by atoms with Crippen LogP contribution in [0, 0.1) is 15.9 Å². The minimum atomic E-state index is -0.467. The van der Waals surface area contributed by atoms with Crippen LogP contribution in [0.2, 0.25) is 0 Å². The molecule has 0 fully saturated rings. The van der Waals surface area contributed by atoms with E-state index in [1.54, 1.807) is 42.5 Å². The Morgan fingerprint density at radius 3 is 2.75 bits per heavy atom. The van der Waals surface area contributed by atoms with Crippen LogP contribution in [0.4, 0.5) is 15.8 Å². The first-order valence-electron chi connectivity index (χ1n) is 9.59. The number of nitro benzene ring substituents is 1. The predicted octanol–water partition coefficient (Wildman–Crippen LogP) is 6.15. The molecule has 0 aliphatic carbocycles. The molecule has 1 N–H and O–H groups in total. The van der Waals surface area contributed by atoms with Gasteiger partial charge in [-0.1, -0.05) is 12.1 Å². The van der Waals surface area contributed by atoms with Crippen LogP contribution in [-0.4, -0.2) is 21.2 Å². The predicted molar refractivity (Wildman–Crippen MR) is 119 cm³/mol. The fraction of sp³-hybridized carbons (Fsp3) is 0. The Labute approximate surface area is 180 Å². The number of non-ortho nitro benzene ring substituents is 1. The molecule has 32 heavy (non-hydrogen) atoms. The molecule has 0 bridgehead atoms. The molecule has 0 aliphatic rings. The standard InChI is InChI=1S/C24H14FN3O4/c25-16-3-1-2-15(10-16)24-27-21-12-17(5-9-23(21)32-24)26-13-20-19-7-6-18(28(30)31)11-14(19)4-8-22(20)29/h1-13,29H. The lowest BCUT2D eigenvalue weighted by molar-refractivity contribution is -0.384. The number of halogens is 1. The summed E-state index contributed by atoms with van der Waals surface area (Å²) in [7, 11) is 0. The molecule has 1 aromatic heterocycles. The van der Waals surface area contributed by atoms with Gasteiger partial charge in [-0.3, -0.25) is 15.1 Å². The lowest BCUT2D eigenvalue weighted by Crippen LogP contribution is -1.90. The topological polar surface area (TPSA) is 102 Å². The number of hydrogen-bond acceptors (Lipinski definition) is 6. The van der Waals surface area contributed by atoms with Gasteiger partial charge in [-0.15, -0.1) is 0 Å². The van der Waals surface area contributed by atoms with E-state index < -0.39 is 4.92 Å². The number of phenolic OH excluding ortho intramolecular Hbond substituents is 1. The van der Waals surface area contributed by atoms with E-state index in [9.17, 15) is 19.6 Å². The second-order valence-corrected chi connectivity index (χ2v) is 7.10. The number of aliphatic imine (C=N–C) groups is 1. The third-order valence-electron chi connectivity index (χ3n) is 5.02. The largest absolute Gasteiger partial charge is 0.507 e. The minimum Gasteiger partial charge on any atom is -0.507 e. The van der Waals surface area contributed by atoms with Crippen LogP contribution in [0.15, 0.2) is 82.2 Å². The van der Waals surface area contributed by atoms with E-state index in [1.165, 1.54) is 36.5 Å². The summed E-state index contributed by atoms with van der Waals surface area (Å²) in [4.78, 5) is 19.4. The molecule has 5 rings (SSSR count). The summed E-state index contributed by atoms with van der Waals surface area (Å²) in [5.41, 5.74) is 2.59. The smallest absolute Gasteiger partial charge is 0.270 e. The van der Waals surface area contributed by atoms with Crippen molar-refractivity contribution in [1.29, 1.82) is 0 Å². The van der Waals surface area contributed by atoms with Gasteiger partial charge in [0.1, 0.15) is 17.1 Å². The Balaban J connectivity index is 1.51. The van der Waals surface area contributed by atoms with Gasteiger partial charge >= 0.3 is 0 Å². The van der Waals surface area contributed by atoms with Gasteiger partial charge in [0.05, 0.1) is 10.6 Å². The molecule has 4 aromatic carbocycles. The Kier molecular flexibility index (Phi) is 4.59. The number of benzene rings is 4. The van der Waals surface area contributed by atoms with Crippen LogP contribution in [0.5, 0.6) is 5.75 Å². The summed E-state index contributed by atoms with van der Waals surface area (Å²) in [5.74, 6) is -0.0739. The number of rotatable bonds is 4. The molecule has 0 amide bonds. The molecule has 0 saturated heterocycles. The summed E-state index contributed by atoms with van der Waals surface area (Å²) < 4.78 is 19.2. The Morgan fingerprint density at radius 1 is 1.06 bits per heavy atom. The van der Waals surface area contributed by atoms with Crippen molar-refractivity contribution in [3.8, 4) is 17.2 Å². The lowest BCUT2D eigenvalue weighted by atomic mass is 10.0. The molecule has 0 spiro atoms. The number of hydrogen-bond donors (Lipinski definition) is 1. The van der Waals surface area contributed by atoms with E-state index in [1.807, 2.05) is 0 Å². The fourth-order valence-electron chi connectivity index (χ4n) is 3.46. The second kappa shape index (κ2) is 7.59. The van der Waals surface area contributed by atoms with E-state index in [0.29, 0.717) is 44.6 Å². The first-order chi connectivity index (χ1) is 15.5. The zero-order valence-corrected chi connectivity index (χ0v) is 16.4. The number of fused-ring (bicyclic) bond motifs is 2. The number of oxazole rings is 1. The Hall–Kier alpha value is -4.59. The number of aromatic hydroxyl groups is 1. The highest BCUT2D eigenvalue weighted by Crippen LogP contribution is 2.30. The van der Waals surface area contributed by atoms with E-state index >= 15 is 0 Å². The van der Waals surface area contributed by atoms with Crippen molar-refractivity contribution >= 4 is 39.5 Å². The van der Waals surface area contributed by atoms with Crippen LogP contribution in [0.1, 0.15) is 5.56 Å². The molecule has 156 valence electrons. The molecule has 0 radical (unpaired) electrons. The van der Waals surface area contributed by atoms with Crippen LogP contribution in [-0.2, 0) is 0 Å². The van der Waals surface area contributed by atoms with Crippen LogP contribution >= 0.6 is 0 Å². The third-order valence-corrected chi connectivity index (χ3v) is 5.02. The quantitative estimate of drug-likeness (QED) is 0.210. The van der Waals surface area contributed by atoms with Crippen molar-refractivity contribution in [1.82, 2.24) is 4.98 Å². The van der Waals surface area contributed by atoms with Crippen molar-refractivity contribution < 1.29 is 18.8 Å². The van der Waals surface area contributed by atoms with Crippen molar-refractivity contribution in [2.45, 2.75) is 0 Å². The summed E-state index contributed by atoms with van der Waals surface area (Å²) in [5, 5.41) is 22.6. The molecular formula is C24H14FN3O4. The molecule has 8 heteroatoms. The monoisotopic (exact) mass is 427 g/mol. The van der Waals surface area contributed by atoms with E-state index in [0.717, 1.165) is 0 Å². The Bertz CT molecular complexity index is 1540. The molecule has 0 atom stereocenters. The lowest BCUT2D eigenvalue weighted by Gasteiger charge is -2.05. The number of nitro groups is 1. The summed E-state index contributed by atoms with van der Waals surface area (Å²) >= 11 is 0. The summed E-state index contributed by atoms with van der Waals surface area (Å²) in [6, 6.07) is 18.6. The van der Waals surface area contributed by atoms with Gasteiger partial charge in [0, 0.05) is 29.5 Å². The molecule has 1 heterocycles. The highest BCUT2D eigenvalue weighted by atomic mass is 19.1. The number of aromatic nitrogens is 1. The van der Waals surface area contributed by atoms with Crippen LogP contribution < -0.4 is 0 Å². The van der Waals surface area contributed by atoms with Gasteiger partial charge in [0.25, 0.3) is 5.69 Å². The SMILES string of the molecule is O=[N+]([O-])c1ccc2c(C=Nc3ccc4oc(-c5cccc(F)c5)nc4c3)c(O)ccc2c1. The van der Waals surface area contributed by atoms with Crippen LogP contribution in [0.3, 0.4) is 0 Å². The normalized spacial score (nSPS) is 11.5. The maximum atomic E-state index is 13.5. The average molecular weight is 427 g/mol. The zero-order valence-electron chi connectivity index (χ0n) is 16.4. The second-order valence-electron chi connectivity index (χ2n) is 7.10. The van der Waals surface area contributed by atoms with E-state index in [-0.39, 0.29) is 17.3 Å². The molecule has 7 nitrogen and oxygen atoms in total. The number of phenols is 1. The van der Waals surface area contributed by atoms with Crippen molar-refractivity contribution in [2.75, 3.05) is 0 Å². The number of nitrogens with zero attached hydrogens (tertiary/aromatic N) is 3. The van der Waals surface area contributed by atoms with Gasteiger partial charge in [-0.25, -0.2) is 9.37 Å². The molecule has 0 aliphatic heterocycles. The van der Waals surface area contributed by atoms with Crippen LogP contribution in [0.25, 0.3) is 33.3 Å². The van der Waals surface area contributed by atoms with Crippen molar-refractivity contribution in [2.24, 2.45) is 4.99 Å². The van der Waals surface area contributed by atoms with Crippen molar-refractivity contribution in [3.05, 3.63) is 94.3 Å². The molecule has 5 aromatic rings. The highest BCUT2D eigenvalue weighted by molar-refractivity contribution is 6.03. The van der Waals surface area contributed by atoms with Gasteiger partial charge in [0.15, 0.2) is 5.58 Å². The maximum absolute atomic E-state index is 13.5. The summed E-state index contributed by atoms with van der Waals surface area (Å²) in [6.07, 6.45) is 1.50. The van der Waals surface area contributed by atoms with Gasteiger partial charge < -0.3 is 9.52 Å². The average Bonchev–Trinajstić information content (AvgIpc) is 3.21. The van der Waals surface area contributed by atoms with Gasteiger partial charge in [-0.2, -0.15) is 0 Å². The zero-order chi connectivity index (χ0) is 22.2. The van der Waals surface area contributed by atoms with E-state index in [2.05, 4.69) is 9.98 Å². The minimum absolute atomic E-state index is 0.00556. The first kappa shape index (κ1) is 19.4. The van der Waals surface area contributed by atoms with E-state index in [4.69, 9.17) is 4.42 Å². The van der Waals surface area contributed by atoms with Crippen molar-refractivity contribution in [3.63, 3.8) is 0 Å².